The van der Waals surface area contributed by atoms with Crippen LogP contribution in [0.5, 0.6) is 0 Å². The molecule has 1 N–H and O–H groups in total. The molecule has 0 spiro atoms. The van der Waals surface area contributed by atoms with E-state index in [0.29, 0.717) is 0 Å². The maximum atomic E-state index is 4.59. The molecule has 0 aliphatic heterocycles. The van der Waals surface area contributed by atoms with Gasteiger partial charge in [-0.2, -0.15) is 0 Å². The van der Waals surface area contributed by atoms with E-state index in [4.69, 9.17) is 0 Å². The Labute approximate surface area is 122 Å². The lowest BCUT2D eigenvalue weighted by Gasteiger charge is -2.16. The molecular weight excluding hydrogens is 266 g/mol. The zero-order valence-electron chi connectivity index (χ0n) is 11.6. The van der Waals surface area contributed by atoms with Crippen LogP contribution in [0.1, 0.15) is 22.4 Å². The van der Waals surface area contributed by atoms with Crippen LogP contribution in [0.3, 0.4) is 0 Å². The van der Waals surface area contributed by atoms with Crippen molar-refractivity contribution in [3.63, 3.8) is 0 Å². The third-order valence-electron chi connectivity index (χ3n) is 3.46. The largest absolute Gasteiger partial charge is 0.311 e. The summed E-state index contributed by atoms with van der Waals surface area (Å²) < 4.78 is 0. The Morgan fingerprint density at radius 3 is 2.85 bits per heavy atom. The van der Waals surface area contributed by atoms with Gasteiger partial charge in [-0.3, -0.25) is 4.98 Å². The van der Waals surface area contributed by atoms with E-state index < -0.39 is 0 Å². The first kappa shape index (κ1) is 13.2. The molecule has 3 nitrogen and oxygen atoms in total. The Kier molecular flexibility index (Phi) is 3.76. The number of nitrogens with one attached hydrogen (secondary N) is 1. The first-order valence-electron chi connectivity index (χ1n) is 6.70. The molecule has 4 heteroatoms. The van der Waals surface area contributed by atoms with Crippen molar-refractivity contribution in [2.75, 3.05) is 7.05 Å². The number of benzene rings is 1. The highest BCUT2D eigenvalue weighted by molar-refractivity contribution is 7.09. The van der Waals surface area contributed by atoms with Crippen molar-refractivity contribution in [1.29, 1.82) is 0 Å². The highest BCUT2D eigenvalue weighted by atomic mass is 32.1. The molecule has 3 rings (SSSR count). The molecule has 0 fully saturated rings. The molecule has 3 aromatic rings. The lowest BCUT2D eigenvalue weighted by molar-refractivity contribution is 0.575. The van der Waals surface area contributed by atoms with Gasteiger partial charge in [0.05, 0.1) is 22.4 Å². The van der Waals surface area contributed by atoms with E-state index in [1.165, 1.54) is 10.8 Å². The zero-order valence-corrected chi connectivity index (χ0v) is 12.4. The fraction of sp³-hybridized carbons (Fsp3) is 0.250. The maximum Gasteiger partial charge on any atom is 0.0897 e. The second-order valence-corrected chi connectivity index (χ2v) is 5.88. The van der Waals surface area contributed by atoms with Gasteiger partial charge >= 0.3 is 0 Å². The van der Waals surface area contributed by atoms with E-state index >= 15 is 0 Å². The Balaban J connectivity index is 1.98. The van der Waals surface area contributed by atoms with Gasteiger partial charge in [-0.25, -0.2) is 4.98 Å². The summed E-state index contributed by atoms with van der Waals surface area (Å²) in [5, 5.41) is 9.05. The lowest BCUT2D eigenvalue weighted by Crippen LogP contribution is -2.20. The van der Waals surface area contributed by atoms with Crippen molar-refractivity contribution in [3.05, 3.63) is 58.3 Å². The quantitative estimate of drug-likeness (QED) is 0.796. The van der Waals surface area contributed by atoms with Crippen molar-refractivity contribution in [2.24, 2.45) is 0 Å². The van der Waals surface area contributed by atoms with Crippen LogP contribution in [0.25, 0.3) is 10.8 Å². The third-order valence-corrected chi connectivity index (χ3v) is 4.29. The Bertz CT molecular complexity index is 715. The van der Waals surface area contributed by atoms with Crippen LogP contribution in [0.2, 0.25) is 0 Å². The van der Waals surface area contributed by atoms with Crippen LogP contribution >= 0.6 is 11.3 Å². The highest BCUT2D eigenvalue weighted by Gasteiger charge is 2.15. The number of pyridine rings is 1. The summed E-state index contributed by atoms with van der Waals surface area (Å²) in [5.74, 6) is 0. The van der Waals surface area contributed by atoms with Crippen LogP contribution in [-0.2, 0) is 6.42 Å². The van der Waals surface area contributed by atoms with Gasteiger partial charge in [-0.1, -0.05) is 24.3 Å². The van der Waals surface area contributed by atoms with Crippen molar-refractivity contribution in [2.45, 2.75) is 19.4 Å². The van der Waals surface area contributed by atoms with E-state index in [-0.39, 0.29) is 6.04 Å². The molecule has 0 radical (unpaired) electrons. The normalized spacial score (nSPS) is 12.7. The van der Waals surface area contributed by atoms with Gasteiger partial charge in [0.1, 0.15) is 0 Å². The number of thiazole rings is 1. The van der Waals surface area contributed by atoms with Crippen LogP contribution < -0.4 is 5.32 Å². The Morgan fingerprint density at radius 2 is 2.10 bits per heavy atom. The van der Waals surface area contributed by atoms with Gasteiger partial charge in [-0.15, -0.1) is 11.3 Å². The van der Waals surface area contributed by atoms with Crippen LogP contribution in [0.15, 0.2) is 41.9 Å². The smallest absolute Gasteiger partial charge is 0.0897 e. The molecule has 1 unspecified atom stereocenters. The molecule has 20 heavy (non-hydrogen) atoms. The molecule has 0 saturated heterocycles. The predicted molar refractivity (Wildman–Crippen MR) is 84.1 cm³/mol. The summed E-state index contributed by atoms with van der Waals surface area (Å²) in [5.41, 5.74) is 2.22. The summed E-state index contributed by atoms with van der Waals surface area (Å²) in [4.78, 5) is 9.15. The van der Waals surface area contributed by atoms with Gasteiger partial charge in [0, 0.05) is 23.4 Å². The van der Waals surface area contributed by atoms with Crippen molar-refractivity contribution >= 4 is 22.1 Å². The van der Waals surface area contributed by atoms with E-state index in [0.717, 1.165) is 22.8 Å². The van der Waals surface area contributed by atoms with E-state index in [1.54, 1.807) is 11.3 Å². The summed E-state index contributed by atoms with van der Waals surface area (Å²) in [6, 6.07) is 10.6. The standard InChI is InChI=1S/C16H17N3S/c1-11-19-13(10-20-11)9-15(17-2)16-14-6-4-3-5-12(14)7-8-18-16/h3-8,10,15,17H,9H2,1-2H3. The molecule has 2 aromatic heterocycles. The van der Waals surface area contributed by atoms with E-state index in [2.05, 4.69) is 51.0 Å². The number of rotatable bonds is 4. The van der Waals surface area contributed by atoms with Crippen molar-refractivity contribution in [1.82, 2.24) is 15.3 Å². The fourth-order valence-electron chi connectivity index (χ4n) is 2.47. The number of aromatic nitrogens is 2. The minimum absolute atomic E-state index is 0.183. The second kappa shape index (κ2) is 5.69. The van der Waals surface area contributed by atoms with Crippen LogP contribution in [0.4, 0.5) is 0 Å². The Morgan fingerprint density at radius 1 is 1.25 bits per heavy atom. The van der Waals surface area contributed by atoms with Crippen LogP contribution in [0, 0.1) is 6.92 Å². The molecular formula is C16H17N3S. The fourth-order valence-corrected chi connectivity index (χ4v) is 3.09. The summed E-state index contributed by atoms with van der Waals surface area (Å²) >= 11 is 1.70. The molecule has 0 aliphatic rings. The number of aryl methyl sites for hydroxylation is 1. The van der Waals surface area contributed by atoms with Gasteiger partial charge in [0.25, 0.3) is 0 Å². The number of fused-ring (bicyclic) bond motifs is 1. The lowest BCUT2D eigenvalue weighted by atomic mass is 10.0. The average Bonchev–Trinajstić information content (AvgIpc) is 2.89. The van der Waals surface area contributed by atoms with E-state index in [9.17, 15) is 0 Å². The summed E-state index contributed by atoms with van der Waals surface area (Å²) in [7, 11) is 1.98. The summed E-state index contributed by atoms with van der Waals surface area (Å²) in [6.45, 7) is 2.04. The number of hydrogen-bond acceptors (Lipinski definition) is 4. The van der Waals surface area contributed by atoms with E-state index in [1.807, 2.05) is 20.2 Å². The maximum absolute atomic E-state index is 4.59. The van der Waals surface area contributed by atoms with Crippen LogP contribution in [-0.4, -0.2) is 17.0 Å². The molecule has 0 bridgehead atoms. The third kappa shape index (κ3) is 2.57. The first-order valence-corrected chi connectivity index (χ1v) is 7.58. The van der Waals surface area contributed by atoms with Gasteiger partial charge in [0.15, 0.2) is 0 Å². The van der Waals surface area contributed by atoms with Gasteiger partial charge in [0.2, 0.25) is 0 Å². The minimum Gasteiger partial charge on any atom is -0.311 e. The molecule has 102 valence electrons. The molecule has 0 amide bonds. The first-order chi connectivity index (χ1) is 9.78. The molecule has 0 saturated carbocycles. The topological polar surface area (TPSA) is 37.8 Å². The van der Waals surface area contributed by atoms with Gasteiger partial charge < -0.3 is 5.32 Å². The molecule has 1 atom stereocenters. The average molecular weight is 283 g/mol. The van der Waals surface area contributed by atoms with Crippen molar-refractivity contribution < 1.29 is 0 Å². The van der Waals surface area contributed by atoms with Crippen molar-refractivity contribution in [3.8, 4) is 0 Å². The highest BCUT2D eigenvalue weighted by Crippen LogP contribution is 2.24. The van der Waals surface area contributed by atoms with Gasteiger partial charge in [-0.05, 0) is 25.4 Å². The monoisotopic (exact) mass is 283 g/mol. The molecule has 2 heterocycles. The zero-order chi connectivity index (χ0) is 13.9. The number of nitrogens with zero attached hydrogens (tertiary/aromatic N) is 2. The number of likely N-dealkylation sites (N-methyl/N-ethyl adjacent to an activating group) is 1. The molecule has 0 aliphatic carbocycles. The Hall–Kier alpha value is -1.78. The predicted octanol–water partition coefficient (Wildman–Crippen LogP) is 3.50. The number of hydrogen-bond donors (Lipinski definition) is 1. The SMILES string of the molecule is CNC(Cc1csc(C)n1)c1nccc2ccccc12. The summed E-state index contributed by atoms with van der Waals surface area (Å²) in [6.07, 6.45) is 2.75. The molecule has 1 aromatic carbocycles. The minimum atomic E-state index is 0.183. The second-order valence-electron chi connectivity index (χ2n) is 4.82.